The van der Waals surface area contributed by atoms with Crippen molar-refractivity contribution < 1.29 is 14.3 Å². The van der Waals surface area contributed by atoms with Crippen LogP contribution in [0.5, 0.6) is 0 Å². The lowest BCUT2D eigenvalue weighted by Crippen LogP contribution is -2.38. The zero-order chi connectivity index (χ0) is 21.0. The summed E-state index contributed by atoms with van der Waals surface area (Å²) in [4.78, 5) is 10.5. The van der Waals surface area contributed by atoms with E-state index < -0.39 is 0 Å². The average Bonchev–Trinajstić information content (AvgIpc) is 2.64. The summed E-state index contributed by atoms with van der Waals surface area (Å²) in [5.41, 5.74) is 4.13. The molecule has 0 bridgehead atoms. The van der Waals surface area contributed by atoms with E-state index in [0.717, 1.165) is 23.0 Å². The van der Waals surface area contributed by atoms with Crippen LogP contribution < -0.4 is 0 Å². The fourth-order valence-corrected chi connectivity index (χ4v) is 2.30. The van der Waals surface area contributed by atoms with Gasteiger partial charge in [0.15, 0.2) is 6.29 Å². The quantitative estimate of drug-likeness (QED) is 0.292. The van der Waals surface area contributed by atoms with Crippen LogP contribution in [0, 0.1) is 5.41 Å². The Morgan fingerprint density at radius 2 is 1.21 bits per heavy atom. The fraction of sp³-hybridized carbons (Fsp3) is 0.400. The highest BCUT2D eigenvalue weighted by Crippen LogP contribution is 2.25. The predicted molar refractivity (Wildman–Crippen MR) is 118 cm³/mol. The molecule has 0 N–H and O–H groups in total. The van der Waals surface area contributed by atoms with E-state index in [1.54, 1.807) is 13.0 Å². The third-order valence-electron chi connectivity index (χ3n) is 4.07. The molecule has 152 valence electrons. The second kappa shape index (κ2) is 12.3. The first-order chi connectivity index (χ1) is 13.2. The number of allylic oxidation sites excluding steroid dienone is 13. The van der Waals surface area contributed by atoms with E-state index in [2.05, 4.69) is 32.9 Å². The maximum absolute atomic E-state index is 10.5. The van der Waals surface area contributed by atoms with Crippen LogP contribution >= 0.6 is 0 Å². The number of hydrogen-bond donors (Lipinski definition) is 0. The second-order valence-corrected chi connectivity index (χ2v) is 7.98. The maximum atomic E-state index is 10.5. The van der Waals surface area contributed by atoms with Crippen molar-refractivity contribution >= 4 is 6.29 Å². The number of rotatable bonds is 8. The Labute approximate surface area is 170 Å². The van der Waals surface area contributed by atoms with Crippen LogP contribution in [0.3, 0.4) is 0 Å². The largest absolute Gasteiger partial charge is 0.348 e. The van der Waals surface area contributed by atoms with Gasteiger partial charge in [0, 0.05) is 5.41 Å². The van der Waals surface area contributed by atoms with Gasteiger partial charge in [-0.3, -0.25) is 4.79 Å². The van der Waals surface area contributed by atoms with Gasteiger partial charge in [0.25, 0.3) is 0 Å². The minimum Gasteiger partial charge on any atom is -0.348 e. The summed E-state index contributed by atoms with van der Waals surface area (Å²) >= 11 is 0. The van der Waals surface area contributed by atoms with Crippen molar-refractivity contribution in [3.63, 3.8) is 0 Å². The molecule has 0 aliphatic carbocycles. The predicted octanol–water partition coefficient (Wildman–Crippen LogP) is 6.04. The maximum Gasteiger partial charge on any atom is 0.179 e. The molecule has 1 saturated heterocycles. The first kappa shape index (κ1) is 23.8. The SMILES string of the molecule is CC(C=O)=CC=CC(C)=CC=CC=C(C)C=CC=C(C)C1OCC(C)(C)CO1. The van der Waals surface area contributed by atoms with Crippen molar-refractivity contribution in [3.05, 3.63) is 83.1 Å². The molecule has 0 radical (unpaired) electrons. The van der Waals surface area contributed by atoms with Gasteiger partial charge < -0.3 is 9.47 Å². The van der Waals surface area contributed by atoms with E-state index in [4.69, 9.17) is 9.47 Å². The molecule has 0 aromatic carbocycles. The topological polar surface area (TPSA) is 35.5 Å². The number of aldehydes is 1. The molecule has 1 heterocycles. The summed E-state index contributed by atoms with van der Waals surface area (Å²) in [7, 11) is 0. The lowest BCUT2D eigenvalue weighted by molar-refractivity contribution is -0.202. The summed E-state index contributed by atoms with van der Waals surface area (Å²) in [6.07, 6.45) is 20.4. The molecule has 3 nitrogen and oxygen atoms in total. The zero-order valence-corrected chi connectivity index (χ0v) is 18.1. The molecular formula is C25H34O3. The Morgan fingerprint density at radius 1 is 0.750 bits per heavy atom. The molecule has 1 aliphatic rings. The van der Waals surface area contributed by atoms with Crippen LogP contribution in [-0.4, -0.2) is 25.8 Å². The van der Waals surface area contributed by atoms with Crippen molar-refractivity contribution in [2.24, 2.45) is 5.41 Å². The van der Waals surface area contributed by atoms with Crippen LogP contribution in [0.2, 0.25) is 0 Å². The number of carbonyl (C=O) groups is 1. The Morgan fingerprint density at radius 3 is 1.71 bits per heavy atom. The average molecular weight is 383 g/mol. The van der Waals surface area contributed by atoms with E-state index in [9.17, 15) is 4.79 Å². The molecule has 3 heteroatoms. The smallest absolute Gasteiger partial charge is 0.179 e. The lowest BCUT2D eigenvalue weighted by Gasteiger charge is -2.34. The Kier molecular flexibility index (Phi) is 10.4. The molecule has 0 atom stereocenters. The molecule has 1 rings (SSSR count). The van der Waals surface area contributed by atoms with Gasteiger partial charge in [-0.2, -0.15) is 0 Å². The van der Waals surface area contributed by atoms with Gasteiger partial charge in [0.05, 0.1) is 13.2 Å². The minimum absolute atomic E-state index is 0.0893. The Bertz CT molecular complexity index is 715. The van der Waals surface area contributed by atoms with Crippen LogP contribution in [-0.2, 0) is 14.3 Å². The van der Waals surface area contributed by atoms with E-state index in [1.165, 1.54) is 0 Å². The third kappa shape index (κ3) is 10.2. The normalized spacial score (nSPS) is 20.6. The monoisotopic (exact) mass is 382 g/mol. The van der Waals surface area contributed by atoms with Gasteiger partial charge in [-0.25, -0.2) is 0 Å². The van der Waals surface area contributed by atoms with Crippen LogP contribution in [0.25, 0.3) is 0 Å². The van der Waals surface area contributed by atoms with Crippen LogP contribution in [0.15, 0.2) is 83.1 Å². The number of ether oxygens (including phenoxy) is 2. The molecular weight excluding hydrogens is 348 g/mol. The van der Waals surface area contributed by atoms with Crippen molar-refractivity contribution in [2.75, 3.05) is 13.2 Å². The molecule has 0 saturated carbocycles. The highest BCUT2D eigenvalue weighted by molar-refractivity contribution is 5.72. The van der Waals surface area contributed by atoms with Crippen molar-refractivity contribution in [1.29, 1.82) is 0 Å². The Hall–Kier alpha value is -2.23. The highest BCUT2D eigenvalue weighted by atomic mass is 16.7. The third-order valence-corrected chi connectivity index (χ3v) is 4.07. The van der Waals surface area contributed by atoms with E-state index in [-0.39, 0.29) is 11.7 Å². The Balaban J connectivity index is 2.51. The molecule has 0 aromatic rings. The first-order valence-electron chi connectivity index (χ1n) is 9.63. The van der Waals surface area contributed by atoms with Gasteiger partial charge in [-0.1, -0.05) is 85.8 Å². The van der Waals surface area contributed by atoms with Gasteiger partial charge in [0.2, 0.25) is 0 Å². The summed E-state index contributed by atoms with van der Waals surface area (Å²) in [5, 5.41) is 0. The van der Waals surface area contributed by atoms with Gasteiger partial charge in [-0.05, 0) is 38.8 Å². The second-order valence-electron chi connectivity index (χ2n) is 7.98. The minimum atomic E-state index is -0.242. The summed E-state index contributed by atoms with van der Waals surface area (Å²) in [5.74, 6) is 0. The highest BCUT2D eigenvalue weighted by Gasteiger charge is 2.28. The molecule has 0 aromatic heterocycles. The molecule has 0 amide bonds. The summed E-state index contributed by atoms with van der Waals surface area (Å²) in [6, 6.07) is 0. The molecule has 0 spiro atoms. The zero-order valence-electron chi connectivity index (χ0n) is 18.1. The van der Waals surface area contributed by atoms with Crippen LogP contribution in [0.1, 0.15) is 41.5 Å². The molecule has 0 unspecified atom stereocenters. The molecule has 1 aliphatic heterocycles. The summed E-state index contributed by atoms with van der Waals surface area (Å²) in [6.45, 7) is 13.6. The van der Waals surface area contributed by atoms with E-state index in [0.29, 0.717) is 18.8 Å². The van der Waals surface area contributed by atoms with Gasteiger partial charge >= 0.3 is 0 Å². The van der Waals surface area contributed by atoms with Gasteiger partial charge in [-0.15, -0.1) is 0 Å². The van der Waals surface area contributed by atoms with Crippen LogP contribution in [0.4, 0.5) is 0 Å². The van der Waals surface area contributed by atoms with Gasteiger partial charge in [0.1, 0.15) is 6.29 Å². The van der Waals surface area contributed by atoms with E-state index in [1.807, 2.05) is 56.4 Å². The van der Waals surface area contributed by atoms with E-state index >= 15 is 0 Å². The van der Waals surface area contributed by atoms with Crippen molar-refractivity contribution in [3.8, 4) is 0 Å². The number of carbonyl (C=O) groups excluding carboxylic acids is 1. The lowest BCUT2D eigenvalue weighted by atomic mass is 9.95. The van der Waals surface area contributed by atoms with Crippen molar-refractivity contribution in [2.45, 2.75) is 47.8 Å². The standard InChI is InChI=1S/C25H34O3/c1-20(13-9-15-22(3)17-26)11-7-8-12-21(2)14-10-16-23(4)24-27-18-25(5,6)19-28-24/h7-17,24H,18-19H2,1-6H3. The first-order valence-corrected chi connectivity index (χ1v) is 9.63. The number of hydrogen-bond acceptors (Lipinski definition) is 3. The van der Waals surface area contributed by atoms with Crippen molar-refractivity contribution in [1.82, 2.24) is 0 Å². The fourth-order valence-electron chi connectivity index (χ4n) is 2.30. The summed E-state index contributed by atoms with van der Waals surface area (Å²) < 4.78 is 11.6. The molecule has 28 heavy (non-hydrogen) atoms. The molecule has 1 fully saturated rings.